The van der Waals surface area contributed by atoms with Gasteiger partial charge in [-0.25, -0.2) is 4.79 Å². The lowest BCUT2D eigenvalue weighted by molar-refractivity contribution is -0.159. The molecule has 7 heteroatoms. The number of nitrogens with one attached hydrogen (secondary N) is 1. The fourth-order valence-corrected chi connectivity index (χ4v) is 1.90. The van der Waals surface area contributed by atoms with Crippen LogP contribution in [0, 0.1) is 0 Å². The molecule has 0 unspecified atom stereocenters. The number of carbonyl (C=O) groups excluding carboxylic acids is 3. The minimum absolute atomic E-state index is 0.239. The molecule has 1 aromatic carbocycles. The molecule has 1 aliphatic rings. The molecule has 2 rings (SSSR count). The van der Waals surface area contributed by atoms with E-state index in [1.165, 1.54) is 6.07 Å². The highest BCUT2D eigenvalue weighted by molar-refractivity contribution is 6.33. The number of carbonyl (C=O) groups is 3. The van der Waals surface area contributed by atoms with Crippen LogP contribution in [-0.4, -0.2) is 37.1 Å². The van der Waals surface area contributed by atoms with Gasteiger partial charge in [0.15, 0.2) is 0 Å². The topological polar surface area (TPSA) is 81.7 Å². The third kappa shape index (κ3) is 3.48. The summed E-state index contributed by atoms with van der Waals surface area (Å²) in [6, 6.07) is 6.47. The summed E-state index contributed by atoms with van der Waals surface area (Å²) in [5.74, 6) is -1.74. The molecule has 0 radical (unpaired) electrons. The van der Waals surface area contributed by atoms with Crippen molar-refractivity contribution in [3.05, 3.63) is 34.9 Å². The van der Waals surface area contributed by atoms with Crippen molar-refractivity contribution in [3.63, 3.8) is 0 Å². The van der Waals surface area contributed by atoms with E-state index in [-0.39, 0.29) is 23.7 Å². The zero-order valence-electron chi connectivity index (χ0n) is 10.4. The van der Waals surface area contributed by atoms with Gasteiger partial charge in [-0.1, -0.05) is 23.7 Å². The summed E-state index contributed by atoms with van der Waals surface area (Å²) in [6.07, 6.45) is -0.539. The summed E-state index contributed by atoms with van der Waals surface area (Å²) in [7, 11) is 0. The zero-order chi connectivity index (χ0) is 14.5. The van der Waals surface area contributed by atoms with E-state index in [1.54, 1.807) is 18.2 Å². The second-order valence-electron chi connectivity index (χ2n) is 4.10. The Balaban J connectivity index is 1.83. The quantitative estimate of drug-likeness (QED) is 0.836. The molecule has 0 saturated carbocycles. The second-order valence-corrected chi connectivity index (χ2v) is 4.50. The molecule has 0 spiro atoms. The van der Waals surface area contributed by atoms with Crippen molar-refractivity contribution in [1.82, 2.24) is 5.32 Å². The lowest BCUT2D eigenvalue weighted by Crippen LogP contribution is -2.33. The molecule has 1 atom stereocenters. The molecule has 1 saturated heterocycles. The van der Waals surface area contributed by atoms with Crippen molar-refractivity contribution in [2.45, 2.75) is 12.5 Å². The molecular formula is C13H12ClNO5. The first kappa shape index (κ1) is 14.3. The highest BCUT2D eigenvalue weighted by atomic mass is 35.5. The second kappa shape index (κ2) is 6.38. The van der Waals surface area contributed by atoms with Crippen LogP contribution in [0.4, 0.5) is 0 Å². The van der Waals surface area contributed by atoms with E-state index in [9.17, 15) is 14.4 Å². The van der Waals surface area contributed by atoms with Crippen LogP contribution in [-0.2, 0) is 19.1 Å². The summed E-state index contributed by atoms with van der Waals surface area (Å²) in [4.78, 5) is 34.4. The van der Waals surface area contributed by atoms with Crippen molar-refractivity contribution < 1.29 is 23.9 Å². The fraction of sp³-hybridized carbons (Fsp3) is 0.308. The number of esters is 2. The van der Waals surface area contributed by atoms with Crippen LogP contribution in [0.25, 0.3) is 0 Å². The van der Waals surface area contributed by atoms with E-state index in [1.807, 2.05) is 0 Å². The normalized spacial score (nSPS) is 17.4. The third-order valence-corrected chi connectivity index (χ3v) is 3.00. The highest BCUT2D eigenvalue weighted by Gasteiger charge is 2.30. The number of halogens is 1. The summed E-state index contributed by atoms with van der Waals surface area (Å²) in [5, 5.41) is 2.67. The number of cyclic esters (lactones) is 1. The van der Waals surface area contributed by atoms with E-state index >= 15 is 0 Å². The van der Waals surface area contributed by atoms with Crippen molar-refractivity contribution >= 4 is 29.4 Å². The van der Waals surface area contributed by atoms with Crippen molar-refractivity contribution in [3.8, 4) is 0 Å². The number of benzene rings is 1. The lowest BCUT2D eigenvalue weighted by Gasteiger charge is -2.09. The maximum atomic E-state index is 11.8. The summed E-state index contributed by atoms with van der Waals surface area (Å²) >= 11 is 5.85. The van der Waals surface area contributed by atoms with Crippen LogP contribution in [0.1, 0.15) is 16.8 Å². The molecule has 0 aliphatic carbocycles. The Morgan fingerprint density at radius 2 is 2.15 bits per heavy atom. The van der Waals surface area contributed by atoms with Crippen molar-refractivity contribution in [2.24, 2.45) is 0 Å². The number of amides is 1. The molecule has 6 nitrogen and oxygen atoms in total. The Morgan fingerprint density at radius 1 is 1.40 bits per heavy atom. The number of hydrogen-bond donors (Lipinski definition) is 1. The smallest absolute Gasteiger partial charge is 0.347 e. The van der Waals surface area contributed by atoms with Gasteiger partial charge in [-0.15, -0.1) is 0 Å². The molecular weight excluding hydrogens is 286 g/mol. The van der Waals surface area contributed by atoms with Crippen LogP contribution >= 0.6 is 11.6 Å². The van der Waals surface area contributed by atoms with E-state index in [2.05, 4.69) is 10.1 Å². The third-order valence-electron chi connectivity index (χ3n) is 2.67. The monoisotopic (exact) mass is 297 g/mol. The average Bonchev–Trinajstić information content (AvgIpc) is 2.82. The predicted molar refractivity (Wildman–Crippen MR) is 69.2 cm³/mol. The first-order valence-corrected chi connectivity index (χ1v) is 6.34. The van der Waals surface area contributed by atoms with Crippen LogP contribution in [0.5, 0.6) is 0 Å². The van der Waals surface area contributed by atoms with Crippen LogP contribution in [0.3, 0.4) is 0 Å². The van der Waals surface area contributed by atoms with Crippen molar-refractivity contribution in [1.29, 1.82) is 0 Å². The average molecular weight is 298 g/mol. The summed E-state index contributed by atoms with van der Waals surface area (Å²) in [5.41, 5.74) is 0.266. The molecule has 1 aromatic rings. The minimum atomic E-state index is -0.875. The van der Waals surface area contributed by atoms with Crippen LogP contribution < -0.4 is 5.32 Å². The predicted octanol–water partition coefficient (Wildman–Crippen LogP) is 0.929. The van der Waals surface area contributed by atoms with Gasteiger partial charge in [-0.05, 0) is 12.1 Å². The van der Waals surface area contributed by atoms with Gasteiger partial charge in [0.05, 0.1) is 17.2 Å². The number of ether oxygens (including phenoxy) is 2. The first-order valence-electron chi connectivity index (χ1n) is 5.97. The van der Waals surface area contributed by atoms with Crippen LogP contribution in [0.15, 0.2) is 24.3 Å². The van der Waals surface area contributed by atoms with Crippen molar-refractivity contribution in [2.75, 3.05) is 13.2 Å². The molecule has 0 aromatic heterocycles. The largest absolute Gasteiger partial charge is 0.463 e. The molecule has 106 valence electrons. The molecule has 1 heterocycles. The van der Waals surface area contributed by atoms with E-state index in [0.717, 1.165) is 0 Å². The standard InChI is InChI=1S/C13H12ClNO5/c14-9-4-2-1-3-8(9)12(17)15-7-11(16)20-10-5-6-19-13(10)18/h1-4,10H,5-7H2,(H,15,17)/t10-/m0/s1. The van der Waals surface area contributed by atoms with Crippen LogP contribution in [0.2, 0.25) is 5.02 Å². The van der Waals surface area contributed by atoms with Gasteiger partial charge in [-0.3, -0.25) is 9.59 Å². The van der Waals surface area contributed by atoms with Gasteiger partial charge in [0.2, 0.25) is 6.10 Å². The first-order chi connectivity index (χ1) is 9.58. The Morgan fingerprint density at radius 3 is 2.80 bits per heavy atom. The Bertz CT molecular complexity index is 545. The van der Waals surface area contributed by atoms with Gasteiger partial charge in [0.25, 0.3) is 5.91 Å². The van der Waals surface area contributed by atoms with Gasteiger partial charge < -0.3 is 14.8 Å². The van der Waals surface area contributed by atoms with Gasteiger partial charge >= 0.3 is 11.9 Å². The lowest BCUT2D eigenvalue weighted by atomic mass is 10.2. The highest BCUT2D eigenvalue weighted by Crippen LogP contribution is 2.14. The van der Waals surface area contributed by atoms with Gasteiger partial charge in [0, 0.05) is 6.42 Å². The molecule has 1 N–H and O–H groups in total. The molecule has 0 bridgehead atoms. The maximum absolute atomic E-state index is 11.8. The molecule has 1 amide bonds. The van der Waals surface area contributed by atoms with Gasteiger partial charge in [0.1, 0.15) is 6.54 Å². The SMILES string of the molecule is O=C(CNC(=O)c1ccccc1Cl)O[C@H]1CCOC1=O. The van der Waals surface area contributed by atoms with Gasteiger partial charge in [-0.2, -0.15) is 0 Å². The van der Waals surface area contributed by atoms with E-state index in [0.29, 0.717) is 6.42 Å². The minimum Gasteiger partial charge on any atom is -0.463 e. The Hall–Kier alpha value is -2.08. The molecule has 1 fully saturated rings. The maximum Gasteiger partial charge on any atom is 0.347 e. The summed E-state index contributed by atoms with van der Waals surface area (Å²) in [6.45, 7) is -0.101. The number of rotatable bonds is 4. The zero-order valence-corrected chi connectivity index (χ0v) is 11.2. The number of hydrogen-bond acceptors (Lipinski definition) is 5. The Kier molecular flexibility index (Phi) is 4.57. The summed E-state index contributed by atoms with van der Waals surface area (Å²) < 4.78 is 9.53. The molecule has 20 heavy (non-hydrogen) atoms. The van der Waals surface area contributed by atoms with E-state index < -0.39 is 23.9 Å². The fourth-order valence-electron chi connectivity index (χ4n) is 1.68. The molecule has 1 aliphatic heterocycles. The Labute approximate surface area is 120 Å². The van der Waals surface area contributed by atoms with E-state index in [4.69, 9.17) is 16.3 Å².